The molecular weight excluding hydrogens is 320 g/mol. The van der Waals surface area contributed by atoms with E-state index in [-0.39, 0.29) is 23.1 Å². The summed E-state index contributed by atoms with van der Waals surface area (Å²) in [5.41, 5.74) is 0.850. The van der Waals surface area contributed by atoms with Gasteiger partial charge in [-0.1, -0.05) is 6.07 Å². The molecule has 3 heterocycles. The van der Waals surface area contributed by atoms with Gasteiger partial charge in [-0.2, -0.15) is 0 Å². The van der Waals surface area contributed by atoms with E-state index in [1.165, 1.54) is 6.20 Å². The molecule has 1 saturated heterocycles. The predicted octanol–water partition coefficient (Wildman–Crippen LogP) is 2.51. The third-order valence-electron chi connectivity index (χ3n) is 4.72. The van der Waals surface area contributed by atoms with Crippen molar-refractivity contribution < 1.29 is 14.3 Å². The summed E-state index contributed by atoms with van der Waals surface area (Å²) in [5, 5.41) is 0. The van der Waals surface area contributed by atoms with Crippen molar-refractivity contribution in [1.82, 2.24) is 9.88 Å². The number of nitrogens with zero attached hydrogens (tertiary/aromatic N) is 1. The lowest BCUT2D eigenvalue weighted by Gasteiger charge is -2.25. The molecule has 1 fully saturated rings. The fourth-order valence-electron chi connectivity index (χ4n) is 3.49. The van der Waals surface area contributed by atoms with Gasteiger partial charge in [0.1, 0.15) is 5.56 Å². The molecule has 6 nitrogen and oxygen atoms in total. The number of benzene rings is 1. The Bertz CT molecular complexity index is 845. The van der Waals surface area contributed by atoms with Crippen LogP contribution < -0.4 is 15.0 Å². The van der Waals surface area contributed by atoms with Crippen molar-refractivity contribution in [3.63, 3.8) is 0 Å². The van der Waals surface area contributed by atoms with Gasteiger partial charge in [0.2, 0.25) is 0 Å². The van der Waals surface area contributed by atoms with Crippen LogP contribution in [-0.2, 0) is 0 Å². The molecule has 0 radical (unpaired) electrons. The highest BCUT2D eigenvalue weighted by atomic mass is 16.5. The first kappa shape index (κ1) is 15.7. The van der Waals surface area contributed by atoms with Crippen LogP contribution in [0.1, 0.15) is 41.2 Å². The highest BCUT2D eigenvalue weighted by molar-refractivity contribution is 5.94. The Hall–Kier alpha value is -2.76. The summed E-state index contributed by atoms with van der Waals surface area (Å²) in [7, 11) is 0. The van der Waals surface area contributed by atoms with Crippen molar-refractivity contribution >= 4 is 5.91 Å². The van der Waals surface area contributed by atoms with Gasteiger partial charge in [0.25, 0.3) is 11.5 Å². The van der Waals surface area contributed by atoms with Gasteiger partial charge >= 0.3 is 0 Å². The first-order valence-electron chi connectivity index (χ1n) is 8.62. The number of aromatic nitrogens is 1. The number of ether oxygens (including phenoxy) is 2. The first-order chi connectivity index (χ1) is 12.2. The highest BCUT2D eigenvalue weighted by Crippen LogP contribution is 2.38. The number of nitrogens with one attached hydrogen (secondary N) is 1. The number of aromatic amines is 1. The molecule has 2 aliphatic rings. The second-order valence-corrected chi connectivity index (χ2v) is 6.33. The van der Waals surface area contributed by atoms with Crippen LogP contribution in [0.2, 0.25) is 0 Å². The number of hydrogen-bond donors (Lipinski definition) is 1. The number of rotatable bonds is 2. The van der Waals surface area contributed by atoms with Gasteiger partial charge in [-0.15, -0.1) is 0 Å². The molecule has 0 unspecified atom stereocenters. The summed E-state index contributed by atoms with van der Waals surface area (Å²) >= 11 is 0. The lowest BCUT2D eigenvalue weighted by atomic mass is 10.0. The number of pyridine rings is 1. The van der Waals surface area contributed by atoms with E-state index >= 15 is 0 Å². The second-order valence-electron chi connectivity index (χ2n) is 6.33. The summed E-state index contributed by atoms with van der Waals surface area (Å²) < 4.78 is 11.4. The maximum Gasteiger partial charge on any atom is 0.260 e. The van der Waals surface area contributed by atoms with Crippen molar-refractivity contribution in [3.05, 3.63) is 58.0 Å². The second kappa shape index (κ2) is 6.63. The maximum absolute atomic E-state index is 12.8. The van der Waals surface area contributed by atoms with Crippen molar-refractivity contribution in [2.24, 2.45) is 0 Å². The summed E-state index contributed by atoms with van der Waals surface area (Å²) in [5.74, 6) is 1.25. The molecule has 0 spiro atoms. The van der Waals surface area contributed by atoms with Crippen LogP contribution in [0.4, 0.5) is 0 Å². The highest BCUT2D eigenvalue weighted by Gasteiger charge is 2.32. The number of hydrogen-bond acceptors (Lipinski definition) is 4. The fourth-order valence-corrected chi connectivity index (χ4v) is 3.49. The minimum Gasteiger partial charge on any atom is -0.490 e. The molecule has 130 valence electrons. The van der Waals surface area contributed by atoms with E-state index in [9.17, 15) is 9.59 Å². The van der Waals surface area contributed by atoms with Crippen LogP contribution in [-0.4, -0.2) is 35.5 Å². The van der Waals surface area contributed by atoms with Gasteiger partial charge in [0, 0.05) is 19.2 Å². The van der Waals surface area contributed by atoms with Crippen LogP contribution in [0, 0.1) is 0 Å². The van der Waals surface area contributed by atoms with Crippen molar-refractivity contribution in [2.45, 2.75) is 25.3 Å². The zero-order valence-corrected chi connectivity index (χ0v) is 13.9. The van der Waals surface area contributed by atoms with Crippen LogP contribution in [0.15, 0.2) is 41.3 Å². The van der Waals surface area contributed by atoms with Crippen LogP contribution >= 0.6 is 0 Å². The number of likely N-dealkylation sites (tertiary alicyclic amines) is 1. The average molecular weight is 340 g/mol. The van der Waals surface area contributed by atoms with Crippen LogP contribution in [0.5, 0.6) is 11.5 Å². The zero-order valence-electron chi connectivity index (χ0n) is 13.9. The summed E-state index contributed by atoms with van der Waals surface area (Å²) in [6.07, 6.45) is 4.17. The van der Waals surface area contributed by atoms with E-state index < -0.39 is 0 Å². The molecule has 0 saturated carbocycles. The quantitative estimate of drug-likeness (QED) is 0.912. The Balaban J connectivity index is 1.64. The lowest BCUT2D eigenvalue weighted by molar-refractivity contribution is 0.0733. The van der Waals surface area contributed by atoms with E-state index in [0.717, 1.165) is 36.3 Å². The molecule has 1 amide bonds. The van der Waals surface area contributed by atoms with Crippen molar-refractivity contribution in [2.75, 3.05) is 19.8 Å². The van der Waals surface area contributed by atoms with Gasteiger partial charge in [-0.3, -0.25) is 9.59 Å². The zero-order chi connectivity index (χ0) is 17.2. The smallest absolute Gasteiger partial charge is 0.260 e. The van der Waals surface area contributed by atoms with Crippen LogP contribution in [0.25, 0.3) is 0 Å². The summed E-state index contributed by atoms with van der Waals surface area (Å²) in [6, 6.07) is 9.05. The molecule has 1 N–H and O–H groups in total. The normalized spacial score (nSPS) is 19.5. The van der Waals surface area contributed by atoms with E-state index in [2.05, 4.69) is 4.98 Å². The molecule has 6 heteroatoms. The SMILES string of the molecule is O=C(c1ccc[nH]c1=O)N1CCC[C@@H]1c1ccc2c(c1)OCCCO2. The van der Waals surface area contributed by atoms with Gasteiger partial charge in [0.15, 0.2) is 11.5 Å². The van der Waals surface area contributed by atoms with Gasteiger partial charge in [0.05, 0.1) is 19.3 Å². The van der Waals surface area contributed by atoms with Crippen molar-refractivity contribution in [3.8, 4) is 11.5 Å². The van der Waals surface area contributed by atoms with E-state index in [1.807, 2.05) is 18.2 Å². The van der Waals surface area contributed by atoms with Crippen LogP contribution in [0.3, 0.4) is 0 Å². The Morgan fingerprint density at radius 2 is 1.96 bits per heavy atom. The molecule has 1 aromatic heterocycles. The average Bonchev–Trinajstić information content (AvgIpc) is 3.00. The van der Waals surface area contributed by atoms with E-state index in [0.29, 0.717) is 19.8 Å². The summed E-state index contributed by atoms with van der Waals surface area (Å²) in [4.78, 5) is 29.1. The number of fused-ring (bicyclic) bond motifs is 1. The Morgan fingerprint density at radius 1 is 1.12 bits per heavy atom. The molecule has 2 aliphatic heterocycles. The first-order valence-corrected chi connectivity index (χ1v) is 8.62. The molecule has 1 atom stereocenters. The molecule has 25 heavy (non-hydrogen) atoms. The summed E-state index contributed by atoms with van der Waals surface area (Å²) in [6.45, 7) is 1.92. The van der Waals surface area contributed by atoms with E-state index in [4.69, 9.17) is 9.47 Å². The lowest BCUT2D eigenvalue weighted by Crippen LogP contribution is -2.34. The molecule has 4 rings (SSSR count). The van der Waals surface area contributed by atoms with Crippen molar-refractivity contribution in [1.29, 1.82) is 0 Å². The molecule has 0 aliphatic carbocycles. The van der Waals surface area contributed by atoms with Gasteiger partial charge in [-0.05, 0) is 42.7 Å². The number of carbonyl (C=O) groups is 1. The third kappa shape index (κ3) is 2.99. The maximum atomic E-state index is 12.8. The Labute approximate surface area is 145 Å². The number of H-pyrrole nitrogens is 1. The van der Waals surface area contributed by atoms with Gasteiger partial charge in [-0.25, -0.2) is 0 Å². The molecule has 0 bridgehead atoms. The van der Waals surface area contributed by atoms with Gasteiger partial charge < -0.3 is 19.4 Å². The third-order valence-corrected chi connectivity index (χ3v) is 4.72. The largest absolute Gasteiger partial charge is 0.490 e. The molecule has 1 aromatic carbocycles. The minimum atomic E-state index is -0.350. The Kier molecular flexibility index (Phi) is 4.17. The standard InChI is InChI=1S/C19H20N2O4/c22-18-14(4-1-8-20-18)19(23)21-9-2-5-15(21)13-6-7-16-17(12-13)25-11-3-10-24-16/h1,4,6-8,12,15H,2-3,5,9-11H2,(H,20,22)/t15-/m1/s1. The Morgan fingerprint density at radius 3 is 2.80 bits per heavy atom. The molecule has 2 aromatic rings. The predicted molar refractivity (Wildman–Crippen MR) is 92.1 cm³/mol. The van der Waals surface area contributed by atoms with E-state index in [1.54, 1.807) is 17.0 Å². The number of amides is 1. The topological polar surface area (TPSA) is 71.6 Å². The monoisotopic (exact) mass is 340 g/mol. The minimum absolute atomic E-state index is 0.0516. The molecular formula is C19H20N2O4. The number of carbonyl (C=O) groups excluding carboxylic acids is 1. The fraction of sp³-hybridized carbons (Fsp3) is 0.368.